The zero-order chi connectivity index (χ0) is 20.6. The van der Waals surface area contributed by atoms with Crippen molar-refractivity contribution in [3.63, 3.8) is 0 Å². The van der Waals surface area contributed by atoms with Gasteiger partial charge in [0.15, 0.2) is 0 Å². The Hall–Kier alpha value is -1.39. The molecule has 29 heavy (non-hydrogen) atoms. The molecule has 1 fully saturated rings. The fourth-order valence-electron chi connectivity index (χ4n) is 5.24. The lowest BCUT2D eigenvalue weighted by Crippen LogP contribution is -2.45. The molecule has 1 N–H and O–H groups in total. The average Bonchev–Trinajstić information content (AvgIpc) is 2.77. The molecule has 1 amide bonds. The second-order valence-corrected chi connectivity index (χ2v) is 9.17. The predicted molar refractivity (Wildman–Crippen MR) is 119 cm³/mol. The minimum Gasteiger partial charge on any atom is -0.395 e. The summed E-state index contributed by atoms with van der Waals surface area (Å²) < 4.78 is 0. The summed E-state index contributed by atoms with van der Waals surface area (Å²) >= 11 is 0. The van der Waals surface area contributed by atoms with E-state index in [0.717, 1.165) is 32.5 Å². The van der Waals surface area contributed by atoms with Crippen LogP contribution in [0.25, 0.3) is 0 Å². The van der Waals surface area contributed by atoms with Gasteiger partial charge in [0.25, 0.3) is 0 Å². The number of aliphatic hydroxyl groups excluding tert-OH is 1. The van der Waals surface area contributed by atoms with E-state index in [-0.39, 0.29) is 12.6 Å². The molecule has 0 saturated heterocycles. The topological polar surface area (TPSA) is 43.8 Å². The maximum Gasteiger partial charge on any atom is 0.224 e. The number of hydrogen-bond acceptors (Lipinski definition) is 3. The number of hydrogen-bond donors (Lipinski definition) is 1. The molecule has 0 radical (unpaired) electrons. The fraction of sp³-hybridized carbons (Fsp3) is 0.720. The Morgan fingerprint density at radius 1 is 1.21 bits per heavy atom. The molecule has 2 unspecified atom stereocenters. The van der Waals surface area contributed by atoms with E-state index >= 15 is 0 Å². The van der Waals surface area contributed by atoms with Gasteiger partial charge >= 0.3 is 0 Å². The molecular formula is C25H40N2O2. The summed E-state index contributed by atoms with van der Waals surface area (Å²) in [5.41, 5.74) is 2.83. The van der Waals surface area contributed by atoms with Crippen LogP contribution in [0.15, 0.2) is 24.3 Å². The van der Waals surface area contributed by atoms with E-state index in [2.05, 4.69) is 47.9 Å². The Kier molecular flexibility index (Phi) is 8.55. The van der Waals surface area contributed by atoms with E-state index in [9.17, 15) is 9.90 Å². The highest BCUT2D eigenvalue weighted by molar-refractivity contribution is 5.77. The summed E-state index contributed by atoms with van der Waals surface area (Å²) in [7, 11) is 0. The van der Waals surface area contributed by atoms with Crippen LogP contribution in [0.1, 0.15) is 76.0 Å². The van der Waals surface area contributed by atoms with E-state index in [1.54, 1.807) is 0 Å². The number of benzene rings is 1. The first-order valence-corrected chi connectivity index (χ1v) is 11.8. The molecule has 3 rings (SSSR count). The number of aliphatic hydroxyl groups is 1. The molecule has 2 aliphatic rings. The first-order valence-electron chi connectivity index (χ1n) is 11.8. The lowest BCUT2D eigenvalue weighted by atomic mass is 9.77. The van der Waals surface area contributed by atoms with E-state index in [4.69, 9.17) is 0 Å². The molecule has 1 aliphatic carbocycles. The minimum atomic E-state index is 0.159. The quantitative estimate of drug-likeness (QED) is 0.667. The van der Waals surface area contributed by atoms with E-state index < -0.39 is 0 Å². The summed E-state index contributed by atoms with van der Waals surface area (Å²) in [5, 5.41) is 9.42. The van der Waals surface area contributed by atoms with Gasteiger partial charge in [0, 0.05) is 32.6 Å². The molecular weight excluding hydrogens is 360 g/mol. The second kappa shape index (κ2) is 11.1. The molecule has 1 aromatic rings. The lowest BCUT2D eigenvalue weighted by Gasteiger charge is -2.43. The Morgan fingerprint density at radius 3 is 2.69 bits per heavy atom. The first-order chi connectivity index (χ1) is 14.1. The molecule has 2 atom stereocenters. The number of rotatable bonds is 9. The van der Waals surface area contributed by atoms with E-state index in [1.807, 2.05) is 0 Å². The maximum absolute atomic E-state index is 13.4. The van der Waals surface area contributed by atoms with Crippen molar-refractivity contribution in [2.24, 2.45) is 11.8 Å². The van der Waals surface area contributed by atoms with Crippen molar-refractivity contribution in [1.29, 1.82) is 0 Å². The van der Waals surface area contributed by atoms with Crippen molar-refractivity contribution in [3.05, 3.63) is 35.4 Å². The van der Waals surface area contributed by atoms with Crippen LogP contribution in [0, 0.1) is 11.8 Å². The summed E-state index contributed by atoms with van der Waals surface area (Å²) in [6, 6.07) is 9.04. The summed E-state index contributed by atoms with van der Waals surface area (Å²) in [5.74, 6) is 1.48. The van der Waals surface area contributed by atoms with E-state index in [1.165, 1.54) is 43.2 Å². The van der Waals surface area contributed by atoms with Crippen LogP contribution in [0.3, 0.4) is 0 Å². The predicted octanol–water partition coefficient (Wildman–Crippen LogP) is 4.42. The van der Waals surface area contributed by atoms with Crippen molar-refractivity contribution in [1.82, 2.24) is 9.80 Å². The molecule has 0 bridgehead atoms. The molecule has 1 aliphatic heterocycles. The summed E-state index contributed by atoms with van der Waals surface area (Å²) in [6.45, 7) is 7.82. The molecule has 162 valence electrons. The standard InChI is InChI=1S/C25H40N2O2/c1-3-20(2)19-26(17-18-28)15-14-24(29)27-16-13-21-9-7-8-12-23(21)25(27)22-10-5-4-6-11-22/h7-9,12,20,22,25,28H,3-6,10-11,13-19H2,1-2H3. The number of carbonyl (C=O) groups excluding carboxylic acids is 1. The highest BCUT2D eigenvalue weighted by Crippen LogP contribution is 2.42. The zero-order valence-electron chi connectivity index (χ0n) is 18.5. The molecule has 0 aromatic heterocycles. The van der Waals surface area contributed by atoms with Gasteiger partial charge in [-0.15, -0.1) is 0 Å². The van der Waals surface area contributed by atoms with Crippen LogP contribution in [-0.4, -0.2) is 53.6 Å². The van der Waals surface area contributed by atoms with Gasteiger partial charge in [-0.25, -0.2) is 0 Å². The Morgan fingerprint density at radius 2 is 1.97 bits per heavy atom. The normalized spacial score (nSPS) is 21.2. The molecule has 1 heterocycles. The lowest BCUT2D eigenvalue weighted by molar-refractivity contribution is -0.136. The Balaban J connectivity index is 1.70. The minimum absolute atomic E-state index is 0.159. The number of fused-ring (bicyclic) bond motifs is 1. The molecule has 4 nitrogen and oxygen atoms in total. The summed E-state index contributed by atoms with van der Waals surface area (Å²) in [6.07, 6.45) is 9.07. The fourth-order valence-corrected chi connectivity index (χ4v) is 5.24. The van der Waals surface area contributed by atoms with Gasteiger partial charge in [-0.2, -0.15) is 0 Å². The van der Waals surface area contributed by atoms with Crippen molar-refractivity contribution < 1.29 is 9.90 Å². The Bertz CT molecular complexity index is 641. The first kappa shape index (κ1) is 22.3. The van der Waals surface area contributed by atoms with Crippen LogP contribution in [0.4, 0.5) is 0 Å². The Labute approximate surface area is 177 Å². The maximum atomic E-state index is 13.4. The number of nitrogens with zero attached hydrogens (tertiary/aromatic N) is 2. The molecule has 1 saturated carbocycles. The number of amides is 1. The third-order valence-electron chi connectivity index (χ3n) is 7.07. The van der Waals surface area contributed by atoms with Crippen molar-refractivity contribution in [2.75, 3.05) is 32.8 Å². The van der Waals surface area contributed by atoms with Crippen molar-refractivity contribution >= 4 is 5.91 Å². The molecule has 0 spiro atoms. The third-order valence-corrected chi connectivity index (χ3v) is 7.07. The SMILES string of the molecule is CCC(C)CN(CCO)CCC(=O)N1CCc2ccccc2C1C1CCCCC1. The smallest absolute Gasteiger partial charge is 0.224 e. The van der Waals surface area contributed by atoms with Crippen LogP contribution < -0.4 is 0 Å². The highest BCUT2D eigenvalue weighted by atomic mass is 16.3. The zero-order valence-corrected chi connectivity index (χ0v) is 18.5. The monoisotopic (exact) mass is 400 g/mol. The largest absolute Gasteiger partial charge is 0.395 e. The van der Waals surface area contributed by atoms with Crippen LogP contribution in [0.5, 0.6) is 0 Å². The van der Waals surface area contributed by atoms with Gasteiger partial charge in [-0.05, 0) is 42.2 Å². The van der Waals surface area contributed by atoms with Crippen molar-refractivity contribution in [3.8, 4) is 0 Å². The molecule has 1 aromatic carbocycles. The molecule has 4 heteroatoms. The summed E-state index contributed by atoms with van der Waals surface area (Å²) in [4.78, 5) is 17.8. The average molecular weight is 401 g/mol. The van der Waals surface area contributed by atoms with Gasteiger partial charge in [-0.3, -0.25) is 4.79 Å². The number of carbonyl (C=O) groups is 1. The van der Waals surface area contributed by atoms with Crippen LogP contribution in [-0.2, 0) is 11.2 Å². The van der Waals surface area contributed by atoms with E-state index in [0.29, 0.717) is 30.7 Å². The van der Waals surface area contributed by atoms with Crippen molar-refractivity contribution in [2.45, 2.75) is 71.3 Å². The highest BCUT2D eigenvalue weighted by Gasteiger charge is 2.36. The van der Waals surface area contributed by atoms with Gasteiger partial charge in [-0.1, -0.05) is 63.8 Å². The van der Waals surface area contributed by atoms with Crippen LogP contribution >= 0.6 is 0 Å². The van der Waals surface area contributed by atoms with Gasteiger partial charge in [0.1, 0.15) is 0 Å². The van der Waals surface area contributed by atoms with Crippen LogP contribution in [0.2, 0.25) is 0 Å². The second-order valence-electron chi connectivity index (χ2n) is 9.17. The third kappa shape index (κ3) is 5.82. The van der Waals surface area contributed by atoms with Gasteiger partial charge < -0.3 is 14.9 Å². The van der Waals surface area contributed by atoms with Gasteiger partial charge in [0.05, 0.1) is 12.6 Å². The van der Waals surface area contributed by atoms with Gasteiger partial charge in [0.2, 0.25) is 5.91 Å².